The summed E-state index contributed by atoms with van der Waals surface area (Å²) in [6.07, 6.45) is 5.12. The van der Waals surface area contributed by atoms with Crippen molar-refractivity contribution in [1.29, 1.82) is 0 Å². The maximum absolute atomic E-state index is 6.29. The van der Waals surface area contributed by atoms with Gasteiger partial charge in [-0.15, -0.1) is 0 Å². The first-order chi connectivity index (χ1) is 11.2. The van der Waals surface area contributed by atoms with Gasteiger partial charge in [0.1, 0.15) is 18.1 Å². The van der Waals surface area contributed by atoms with Gasteiger partial charge in [0.25, 0.3) is 0 Å². The molecule has 1 aliphatic rings. The minimum absolute atomic E-state index is 0.0719. The molecule has 2 atom stereocenters. The van der Waals surface area contributed by atoms with Crippen LogP contribution in [0.3, 0.4) is 0 Å². The van der Waals surface area contributed by atoms with E-state index in [1.807, 2.05) is 4.57 Å². The van der Waals surface area contributed by atoms with Crippen LogP contribution in [0.4, 0.5) is 5.82 Å². The van der Waals surface area contributed by atoms with Crippen LogP contribution in [0.25, 0.3) is 11.2 Å². The zero-order chi connectivity index (χ0) is 17.5. The number of hydrogen-bond donors (Lipinski definition) is 1. The number of rotatable bonds is 4. The third-order valence-corrected chi connectivity index (χ3v) is 9.72. The molecule has 0 bridgehead atoms. The molecule has 8 heteroatoms. The lowest BCUT2D eigenvalue weighted by Crippen LogP contribution is -2.42. The molecule has 3 heterocycles. The van der Waals surface area contributed by atoms with Crippen LogP contribution in [0.5, 0.6) is 0 Å². The van der Waals surface area contributed by atoms with E-state index in [1.165, 1.54) is 6.33 Å². The van der Waals surface area contributed by atoms with Gasteiger partial charge >= 0.3 is 0 Å². The van der Waals surface area contributed by atoms with Gasteiger partial charge in [-0.25, -0.2) is 15.0 Å². The second-order valence-corrected chi connectivity index (χ2v) is 12.8. The van der Waals surface area contributed by atoms with Crippen molar-refractivity contribution in [3.05, 3.63) is 12.7 Å². The summed E-state index contributed by atoms with van der Waals surface area (Å²) in [5.41, 5.74) is 7.20. The van der Waals surface area contributed by atoms with Crippen LogP contribution < -0.4 is 5.73 Å². The molecule has 0 radical (unpaired) electrons. The normalized spacial score (nSPS) is 22.4. The molecular formula is C16H27N5O2Si. The summed E-state index contributed by atoms with van der Waals surface area (Å²) >= 11 is 0. The molecule has 24 heavy (non-hydrogen) atoms. The summed E-state index contributed by atoms with van der Waals surface area (Å²) in [6.45, 7) is 11.9. The van der Waals surface area contributed by atoms with Gasteiger partial charge in [0.15, 0.2) is 19.8 Å². The standard InChI is InChI=1S/C16H27N5O2Si/c1-16(2,3)24(4,5)22-8-11-6-7-12(23-11)21-10-20-13-14(17)18-9-19-15(13)21/h9-12H,6-8H2,1-5H3,(H2,17,18,19)/t11-,12-/m0/s1. The van der Waals surface area contributed by atoms with Gasteiger partial charge in [-0.05, 0) is 31.0 Å². The van der Waals surface area contributed by atoms with Crippen LogP contribution in [0.1, 0.15) is 39.8 Å². The molecule has 0 saturated carbocycles. The molecule has 7 nitrogen and oxygen atoms in total. The predicted molar refractivity (Wildman–Crippen MR) is 96.0 cm³/mol. The van der Waals surface area contributed by atoms with Crippen molar-refractivity contribution in [2.24, 2.45) is 0 Å². The number of fused-ring (bicyclic) bond motifs is 1. The predicted octanol–water partition coefficient (Wildman–Crippen LogP) is 3.11. The van der Waals surface area contributed by atoms with Crippen LogP contribution >= 0.6 is 0 Å². The average molecular weight is 350 g/mol. The summed E-state index contributed by atoms with van der Waals surface area (Å²) < 4.78 is 14.4. The number of ether oxygens (including phenoxy) is 1. The van der Waals surface area contributed by atoms with Crippen molar-refractivity contribution < 1.29 is 9.16 Å². The fourth-order valence-corrected chi connectivity index (χ4v) is 3.65. The third-order valence-electron chi connectivity index (χ3n) is 5.22. The van der Waals surface area contributed by atoms with Gasteiger partial charge in [0.2, 0.25) is 0 Å². The van der Waals surface area contributed by atoms with Gasteiger partial charge in [-0.3, -0.25) is 4.57 Å². The van der Waals surface area contributed by atoms with Crippen LogP contribution in [0, 0.1) is 0 Å². The quantitative estimate of drug-likeness (QED) is 0.853. The Morgan fingerprint density at radius 2 is 2.04 bits per heavy atom. The van der Waals surface area contributed by atoms with E-state index in [1.54, 1.807) is 6.33 Å². The summed E-state index contributed by atoms with van der Waals surface area (Å²) in [4.78, 5) is 12.6. The van der Waals surface area contributed by atoms with E-state index in [4.69, 9.17) is 14.9 Å². The molecule has 2 N–H and O–H groups in total. The molecule has 0 amide bonds. The van der Waals surface area contributed by atoms with Crippen molar-refractivity contribution in [1.82, 2.24) is 19.5 Å². The SMILES string of the molecule is CC(C)(C)[Si](C)(C)OC[C@@H]1CC[C@@H](n2cnc3c(N)ncnc32)O1. The zero-order valence-electron chi connectivity index (χ0n) is 15.1. The molecule has 3 rings (SSSR count). The highest BCUT2D eigenvalue weighted by molar-refractivity contribution is 6.74. The van der Waals surface area contributed by atoms with E-state index in [0.29, 0.717) is 17.9 Å². The van der Waals surface area contributed by atoms with Crippen molar-refractivity contribution in [2.75, 3.05) is 12.3 Å². The highest BCUT2D eigenvalue weighted by Gasteiger charge is 2.38. The number of imidazole rings is 1. The van der Waals surface area contributed by atoms with Crippen LogP contribution in [-0.2, 0) is 9.16 Å². The fourth-order valence-electron chi connectivity index (χ4n) is 2.61. The van der Waals surface area contributed by atoms with Gasteiger partial charge in [-0.2, -0.15) is 0 Å². The Morgan fingerprint density at radius 3 is 2.75 bits per heavy atom. The Hall–Kier alpha value is -1.51. The molecule has 1 fully saturated rings. The van der Waals surface area contributed by atoms with Crippen LogP contribution in [0.2, 0.25) is 18.1 Å². The van der Waals surface area contributed by atoms with E-state index >= 15 is 0 Å². The van der Waals surface area contributed by atoms with E-state index in [-0.39, 0.29) is 17.4 Å². The number of nitrogens with two attached hydrogens (primary N) is 1. The zero-order valence-corrected chi connectivity index (χ0v) is 16.1. The second-order valence-electron chi connectivity index (χ2n) is 7.94. The Labute approximate surface area is 143 Å². The Balaban J connectivity index is 1.66. The Kier molecular flexibility index (Phi) is 4.39. The van der Waals surface area contributed by atoms with Gasteiger partial charge in [-0.1, -0.05) is 20.8 Å². The molecule has 0 aromatic carbocycles. The molecule has 2 aromatic heterocycles. The number of hydrogen-bond acceptors (Lipinski definition) is 6. The third kappa shape index (κ3) is 3.18. The largest absolute Gasteiger partial charge is 0.414 e. The first kappa shape index (κ1) is 17.3. The minimum Gasteiger partial charge on any atom is -0.414 e. The van der Waals surface area contributed by atoms with Gasteiger partial charge in [0.05, 0.1) is 19.0 Å². The van der Waals surface area contributed by atoms with Gasteiger partial charge < -0.3 is 14.9 Å². The minimum atomic E-state index is -1.75. The fraction of sp³-hybridized carbons (Fsp3) is 0.688. The second kappa shape index (κ2) is 6.09. The molecule has 0 spiro atoms. The monoisotopic (exact) mass is 349 g/mol. The molecule has 1 saturated heterocycles. The lowest BCUT2D eigenvalue weighted by Gasteiger charge is -2.36. The summed E-state index contributed by atoms with van der Waals surface area (Å²) in [5.74, 6) is 0.398. The first-order valence-electron chi connectivity index (χ1n) is 8.41. The molecule has 132 valence electrons. The summed E-state index contributed by atoms with van der Waals surface area (Å²) in [7, 11) is -1.75. The average Bonchev–Trinajstić information content (AvgIpc) is 3.10. The highest BCUT2D eigenvalue weighted by Crippen LogP contribution is 2.38. The van der Waals surface area contributed by atoms with E-state index in [9.17, 15) is 0 Å². The number of nitrogen functional groups attached to an aromatic ring is 1. The van der Waals surface area contributed by atoms with E-state index < -0.39 is 8.32 Å². The molecule has 1 aliphatic heterocycles. The van der Waals surface area contributed by atoms with Crippen molar-refractivity contribution >= 4 is 25.3 Å². The molecule has 0 aliphatic carbocycles. The van der Waals surface area contributed by atoms with Gasteiger partial charge in [0, 0.05) is 0 Å². The smallest absolute Gasteiger partial charge is 0.192 e. The highest BCUT2D eigenvalue weighted by atomic mass is 28.4. The van der Waals surface area contributed by atoms with Crippen molar-refractivity contribution in [2.45, 2.75) is 64.1 Å². The Morgan fingerprint density at radius 1 is 1.29 bits per heavy atom. The van der Waals surface area contributed by atoms with Crippen molar-refractivity contribution in [3.8, 4) is 0 Å². The van der Waals surface area contributed by atoms with Crippen LogP contribution in [-0.4, -0.2) is 40.5 Å². The van der Waals surface area contributed by atoms with E-state index in [0.717, 1.165) is 18.5 Å². The Bertz CT molecular complexity index is 725. The lowest BCUT2D eigenvalue weighted by atomic mass is 10.2. The molecule has 2 aromatic rings. The van der Waals surface area contributed by atoms with E-state index in [2.05, 4.69) is 48.8 Å². The van der Waals surface area contributed by atoms with Crippen LogP contribution in [0.15, 0.2) is 12.7 Å². The molecule has 0 unspecified atom stereocenters. The molecular weight excluding hydrogens is 322 g/mol. The summed E-state index contributed by atoms with van der Waals surface area (Å²) in [6, 6.07) is 0. The maximum Gasteiger partial charge on any atom is 0.192 e. The lowest BCUT2D eigenvalue weighted by molar-refractivity contribution is -0.0182. The number of anilines is 1. The topological polar surface area (TPSA) is 88.1 Å². The van der Waals surface area contributed by atoms with Crippen molar-refractivity contribution in [3.63, 3.8) is 0 Å². The summed E-state index contributed by atoms with van der Waals surface area (Å²) in [5, 5.41) is 0.208. The first-order valence-corrected chi connectivity index (χ1v) is 11.3. The number of aromatic nitrogens is 4. The maximum atomic E-state index is 6.29. The number of nitrogens with zero attached hydrogens (tertiary/aromatic N) is 4.